The van der Waals surface area contributed by atoms with Gasteiger partial charge in [-0.25, -0.2) is 4.98 Å². The van der Waals surface area contributed by atoms with Crippen molar-refractivity contribution in [3.05, 3.63) is 59.9 Å². The predicted octanol–water partition coefficient (Wildman–Crippen LogP) is 3.06. The first-order chi connectivity index (χ1) is 9.79. The number of rotatable bonds is 3. The van der Waals surface area contributed by atoms with Gasteiger partial charge in [0.05, 0.1) is 28.8 Å². The van der Waals surface area contributed by atoms with Crippen molar-refractivity contribution in [2.75, 3.05) is 5.32 Å². The Balaban J connectivity index is 1.87. The molecule has 20 heavy (non-hydrogen) atoms. The maximum atomic E-state index is 9.07. The standard InChI is InChI=1S/C16H14N4/c1-20-15-9-5-4-8-14(15)19-16(20)11-18-13-7-3-2-6-12(13)10-17/h2-9,18H,11H2,1H3. The summed E-state index contributed by atoms with van der Waals surface area (Å²) in [6, 6.07) is 17.7. The molecule has 0 aliphatic heterocycles. The summed E-state index contributed by atoms with van der Waals surface area (Å²) in [5.41, 5.74) is 3.58. The van der Waals surface area contributed by atoms with Crippen molar-refractivity contribution in [3.63, 3.8) is 0 Å². The van der Waals surface area contributed by atoms with E-state index in [1.54, 1.807) is 6.07 Å². The largest absolute Gasteiger partial charge is 0.377 e. The van der Waals surface area contributed by atoms with Crippen LogP contribution in [0.5, 0.6) is 0 Å². The fourth-order valence-electron chi connectivity index (χ4n) is 2.26. The molecule has 0 aliphatic rings. The molecule has 0 saturated heterocycles. The number of aromatic nitrogens is 2. The molecule has 3 rings (SSSR count). The number of anilines is 1. The molecule has 1 N–H and O–H groups in total. The second-order valence-corrected chi connectivity index (χ2v) is 4.59. The van der Waals surface area contributed by atoms with Gasteiger partial charge in [-0.3, -0.25) is 0 Å². The van der Waals surface area contributed by atoms with E-state index in [0.717, 1.165) is 22.5 Å². The molecule has 0 fully saturated rings. The van der Waals surface area contributed by atoms with E-state index in [9.17, 15) is 0 Å². The van der Waals surface area contributed by atoms with E-state index in [2.05, 4.69) is 27.0 Å². The summed E-state index contributed by atoms with van der Waals surface area (Å²) in [4.78, 5) is 4.60. The van der Waals surface area contributed by atoms with Crippen LogP contribution in [0.3, 0.4) is 0 Å². The van der Waals surface area contributed by atoms with Crippen LogP contribution in [0.2, 0.25) is 0 Å². The van der Waals surface area contributed by atoms with E-state index in [1.807, 2.05) is 43.4 Å². The van der Waals surface area contributed by atoms with E-state index in [4.69, 9.17) is 5.26 Å². The van der Waals surface area contributed by atoms with Gasteiger partial charge in [0.15, 0.2) is 0 Å². The molecule has 0 spiro atoms. The lowest BCUT2D eigenvalue weighted by atomic mass is 10.2. The average molecular weight is 262 g/mol. The van der Waals surface area contributed by atoms with Crippen molar-refractivity contribution in [1.29, 1.82) is 5.26 Å². The van der Waals surface area contributed by atoms with E-state index >= 15 is 0 Å². The highest BCUT2D eigenvalue weighted by atomic mass is 15.1. The van der Waals surface area contributed by atoms with Crippen LogP contribution in [-0.2, 0) is 13.6 Å². The third kappa shape index (κ3) is 2.10. The Morgan fingerprint density at radius 3 is 2.70 bits per heavy atom. The maximum Gasteiger partial charge on any atom is 0.128 e. The van der Waals surface area contributed by atoms with Crippen molar-refractivity contribution in [1.82, 2.24) is 9.55 Å². The fraction of sp³-hybridized carbons (Fsp3) is 0.125. The van der Waals surface area contributed by atoms with Gasteiger partial charge in [0.2, 0.25) is 0 Å². The fourth-order valence-corrected chi connectivity index (χ4v) is 2.26. The minimum atomic E-state index is 0.587. The highest BCUT2D eigenvalue weighted by Gasteiger charge is 2.07. The molecule has 3 aromatic rings. The van der Waals surface area contributed by atoms with Crippen molar-refractivity contribution in [3.8, 4) is 6.07 Å². The Bertz CT molecular complexity index is 796. The van der Waals surface area contributed by atoms with Crippen LogP contribution in [0, 0.1) is 11.3 Å². The molecule has 4 heteroatoms. The molecule has 0 atom stereocenters. The van der Waals surface area contributed by atoms with Crippen molar-refractivity contribution in [2.24, 2.45) is 7.05 Å². The summed E-state index contributed by atoms with van der Waals surface area (Å²) < 4.78 is 2.07. The number of imidazole rings is 1. The molecule has 1 aromatic heterocycles. The summed E-state index contributed by atoms with van der Waals surface area (Å²) in [5, 5.41) is 12.4. The SMILES string of the molecule is Cn1c(CNc2ccccc2C#N)nc2ccccc21. The van der Waals surface area contributed by atoms with Gasteiger partial charge >= 0.3 is 0 Å². The number of hydrogen-bond donors (Lipinski definition) is 1. The summed E-state index contributed by atoms with van der Waals surface area (Å²) in [5.74, 6) is 0.943. The molecule has 98 valence electrons. The van der Waals surface area contributed by atoms with Gasteiger partial charge < -0.3 is 9.88 Å². The second kappa shape index (κ2) is 5.06. The predicted molar refractivity (Wildman–Crippen MR) is 79.2 cm³/mol. The highest BCUT2D eigenvalue weighted by Crippen LogP contribution is 2.17. The second-order valence-electron chi connectivity index (χ2n) is 4.59. The minimum Gasteiger partial charge on any atom is -0.377 e. The van der Waals surface area contributed by atoms with Crippen molar-refractivity contribution < 1.29 is 0 Å². The van der Waals surface area contributed by atoms with Crippen LogP contribution >= 0.6 is 0 Å². The Kier molecular flexibility index (Phi) is 3.10. The summed E-state index contributed by atoms with van der Waals surface area (Å²) in [7, 11) is 2.00. The molecule has 1 heterocycles. The first-order valence-corrected chi connectivity index (χ1v) is 6.43. The first kappa shape index (κ1) is 12.2. The van der Waals surface area contributed by atoms with Gasteiger partial charge in [-0.15, -0.1) is 0 Å². The Morgan fingerprint density at radius 1 is 1.15 bits per heavy atom. The number of hydrogen-bond acceptors (Lipinski definition) is 3. The van der Waals surface area contributed by atoms with Crippen LogP contribution in [-0.4, -0.2) is 9.55 Å². The number of benzene rings is 2. The molecule has 4 nitrogen and oxygen atoms in total. The van der Waals surface area contributed by atoms with Crippen LogP contribution in [0.25, 0.3) is 11.0 Å². The van der Waals surface area contributed by atoms with E-state index in [0.29, 0.717) is 12.1 Å². The molecule has 0 aliphatic carbocycles. The number of nitrogens with zero attached hydrogens (tertiary/aromatic N) is 3. The normalized spacial score (nSPS) is 10.4. The van der Waals surface area contributed by atoms with Gasteiger partial charge in [-0.1, -0.05) is 24.3 Å². The zero-order valence-corrected chi connectivity index (χ0v) is 11.2. The van der Waals surface area contributed by atoms with E-state index in [1.165, 1.54) is 0 Å². The lowest BCUT2D eigenvalue weighted by molar-refractivity contribution is 0.834. The Labute approximate surface area is 117 Å². The van der Waals surface area contributed by atoms with Gasteiger partial charge in [-0.2, -0.15) is 5.26 Å². The van der Waals surface area contributed by atoms with Crippen molar-refractivity contribution >= 4 is 16.7 Å². The minimum absolute atomic E-state index is 0.587. The first-order valence-electron chi connectivity index (χ1n) is 6.43. The van der Waals surface area contributed by atoms with E-state index < -0.39 is 0 Å². The zero-order valence-electron chi connectivity index (χ0n) is 11.2. The van der Waals surface area contributed by atoms with Crippen LogP contribution in [0.1, 0.15) is 11.4 Å². The van der Waals surface area contributed by atoms with Crippen LogP contribution < -0.4 is 5.32 Å². The quantitative estimate of drug-likeness (QED) is 0.789. The van der Waals surface area contributed by atoms with Crippen LogP contribution in [0.4, 0.5) is 5.69 Å². The molecular formula is C16H14N4. The monoisotopic (exact) mass is 262 g/mol. The van der Waals surface area contributed by atoms with Crippen LogP contribution in [0.15, 0.2) is 48.5 Å². The molecule has 0 radical (unpaired) electrons. The third-order valence-corrected chi connectivity index (χ3v) is 3.36. The molecule has 0 saturated carbocycles. The van der Waals surface area contributed by atoms with Crippen molar-refractivity contribution in [2.45, 2.75) is 6.54 Å². The molecule has 0 bridgehead atoms. The number of nitriles is 1. The molecule has 2 aromatic carbocycles. The smallest absolute Gasteiger partial charge is 0.128 e. The number of aryl methyl sites for hydroxylation is 1. The lowest BCUT2D eigenvalue weighted by Gasteiger charge is -2.07. The lowest BCUT2D eigenvalue weighted by Crippen LogP contribution is -2.06. The van der Waals surface area contributed by atoms with Gasteiger partial charge in [0.25, 0.3) is 0 Å². The number of para-hydroxylation sites is 3. The summed E-state index contributed by atoms with van der Waals surface area (Å²) in [6.45, 7) is 0.587. The third-order valence-electron chi connectivity index (χ3n) is 3.36. The number of fused-ring (bicyclic) bond motifs is 1. The Morgan fingerprint density at radius 2 is 1.90 bits per heavy atom. The molecule has 0 unspecified atom stereocenters. The molecular weight excluding hydrogens is 248 g/mol. The summed E-state index contributed by atoms with van der Waals surface area (Å²) in [6.07, 6.45) is 0. The highest BCUT2D eigenvalue weighted by molar-refractivity contribution is 5.75. The topological polar surface area (TPSA) is 53.6 Å². The number of nitrogens with one attached hydrogen (secondary N) is 1. The van der Waals surface area contributed by atoms with Gasteiger partial charge in [0.1, 0.15) is 11.9 Å². The maximum absolute atomic E-state index is 9.07. The average Bonchev–Trinajstić information content (AvgIpc) is 2.82. The summed E-state index contributed by atoms with van der Waals surface area (Å²) >= 11 is 0. The zero-order chi connectivity index (χ0) is 13.9. The Hall–Kier alpha value is -2.80. The van der Waals surface area contributed by atoms with Gasteiger partial charge in [-0.05, 0) is 24.3 Å². The van der Waals surface area contributed by atoms with E-state index in [-0.39, 0.29) is 0 Å². The molecule has 0 amide bonds. The van der Waals surface area contributed by atoms with Gasteiger partial charge in [0, 0.05) is 7.05 Å².